The minimum atomic E-state index is 0.164. The van der Waals surface area contributed by atoms with Gasteiger partial charge in [-0.3, -0.25) is 0 Å². The molecule has 0 aromatic carbocycles. The van der Waals surface area contributed by atoms with Crippen LogP contribution in [0.15, 0.2) is 0 Å². The average Bonchev–Trinajstić information content (AvgIpc) is 2.14. The first kappa shape index (κ1) is 12.2. The minimum Gasteiger partial charge on any atom is -0.308 e. The van der Waals surface area contributed by atoms with Gasteiger partial charge in [0.15, 0.2) is 0 Å². The minimum absolute atomic E-state index is 0.164. The molecule has 0 amide bonds. The highest BCUT2D eigenvalue weighted by Crippen LogP contribution is 2.18. The Hall–Kier alpha value is 0.250. The van der Waals surface area contributed by atoms with Crippen LogP contribution in [0.3, 0.4) is 0 Å². The maximum absolute atomic E-state index is 5.96. The molecule has 1 nitrogen and oxygen atoms in total. The van der Waals surface area contributed by atoms with Gasteiger partial charge in [-0.05, 0) is 26.2 Å². The molecule has 0 fully saturated rings. The largest absolute Gasteiger partial charge is 0.308 e. The quantitative estimate of drug-likeness (QED) is 0.636. The molecule has 2 heteroatoms. The van der Waals surface area contributed by atoms with Gasteiger partial charge < -0.3 is 5.32 Å². The summed E-state index contributed by atoms with van der Waals surface area (Å²) >= 11 is 5.96. The molecule has 0 spiro atoms. The van der Waals surface area contributed by atoms with Crippen LogP contribution in [0.25, 0.3) is 0 Å². The van der Waals surface area contributed by atoms with Crippen LogP contribution in [0.5, 0.6) is 0 Å². The van der Waals surface area contributed by atoms with E-state index in [1.807, 2.05) is 0 Å². The van der Waals surface area contributed by atoms with Gasteiger partial charge in [0, 0.05) is 17.5 Å². The zero-order valence-corrected chi connectivity index (χ0v) is 9.54. The van der Waals surface area contributed by atoms with Crippen molar-refractivity contribution in [2.75, 3.05) is 5.88 Å². The molecule has 0 aliphatic heterocycles. The maximum atomic E-state index is 5.96. The summed E-state index contributed by atoms with van der Waals surface area (Å²) in [4.78, 5) is 0. The van der Waals surface area contributed by atoms with E-state index >= 15 is 0 Å². The van der Waals surface area contributed by atoms with Gasteiger partial charge in [0.1, 0.15) is 0 Å². The molecular weight excluding hydrogens is 170 g/mol. The second-order valence-electron chi connectivity index (χ2n) is 3.57. The molecule has 1 N–H and O–H groups in total. The topological polar surface area (TPSA) is 12.0 Å². The van der Waals surface area contributed by atoms with Crippen molar-refractivity contribution in [3.63, 3.8) is 0 Å². The smallest absolute Gasteiger partial charge is 0.0405 e. The van der Waals surface area contributed by atoms with Gasteiger partial charge in [-0.15, -0.1) is 11.6 Å². The van der Waals surface area contributed by atoms with Crippen LogP contribution in [0.2, 0.25) is 0 Å². The van der Waals surface area contributed by atoms with E-state index in [0.29, 0.717) is 11.9 Å². The summed E-state index contributed by atoms with van der Waals surface area (Å²) in [7, 11) is 0. The van der Waals surface area contributed by atoms with E-state index in [0.717, 1.165) is 12.8 Å². The maximum Gasteiger partial charge on any atom is 0.0405 e. The molecule has 0 aromatic rings. The molecule has 0 aliphatic carbocycles. The van der Waals surface area contributed by atoms with Crippen molar-refractivity contribution in [3.8, 4) is 0 Å². The molecule has 0 saturated carbocycles. The van der Waals surface area contributed by atoms with E-state index in [4.69, 9.17) is 11.6 Å². The number of alkyl halides is 1. The van der Waals surface area contributed by atoms with E-state index in [-0.39, 0.29) is 5.54 Å². The first-order valence-corrected chi connectivity index (χ1v) is 5.51. The van der Waals surface area contributed by atoms with Gasteiger partial charge in [-0.25, -0.2) is 0 Å². The van der Waals surface area contributed by atoms with Gasteiger partial charge in [-0.2, -0.15) is 0 Å². The van der Waals surface area contributed by atoms with E-state index in [1.54, 1.807) is 0 Å². The van der Waals surface area contributed by atoms with E-state index in [9.17, 15) is 0 Å². The Morgan fingerprint density at radius 2 is 1.75 bits per heavy atom. The van der Waals surface area contributed by atoms with Crippen LogP contribution in [0, 0.1) is 0 Å². The van der Waals surface area contributed by atoms with Crippen molar-refractivity contribution in [1.29, 1.82) is 0 Å². The zero-order chi connectivity index (χ0) is 9.61. The number of halogens is 1. The summed E-state index contributed by atoms with van der Waals surface area (Å²) in [5.74, 6) is 0.713. The lowest BCUT2D eigenvalue weighted by molar-refractivity contribution is 0.297. The molecule has 0 bridgehead atoms. The Morgan fingerprint density at radius 3 is 2.00 bits per heavy atom. The van der Waals surface area contributed by atoms with Crippen molar-refractivity contribution in [3.05, 3.63) is 0 Å². The lowest BCUT2D eigenvalue weighted by atomic mass is 9.94. The molecule has 74 valence electrons. The highest BCUT2D eigenvalue weighted by molar-refractivity contribution is 6.18. The Morgan fingerprint density at radius 1 is 1.25 bits per heavy atom. The normalized spacial score (nSPS) is 14.8. The van der Waals surface area contributed by atoms with Crippen molar-refractivity contribution < 1.29 is 0 Å². The lowest BCUT2D eigenvalue weighted by Crippen LogP contribution is -2.50. The van der Waals surface area contributed by atoms with Gasteiger partial charge in [0.25, 0.3) is 0 Å². The molecule has 12 heavy (non-hydrogen) atoms. The summed E-state index contributed by atoms with van der Waals surface area (Å²) in [6.07, 6.45) is 3.38. The predicted molar refractivity (Wildman–Crippen MR) is 56.9 cm³/mol. The number of hydrogen-bond donors (Lipinski definition) is 1. The van der Waals surface area contributed by atoms with E-state index in [2.05, 4.69) is 33.0 Å². The first-order chi connectivity index (χ1) is 5.64. The molecule has 0 rings (SSSR count). The summed E-state index contributed by atoms with van der Waals surface area (Å²) in [5.41, 5.74) is 0.164. The highest BCUT2D eigenvalue weighted by atomic mass is 35.5. The fourth-order valence-corrected chi connectivity index (χ4v) is 1.76. The van der Waals surface area contributed by atoms with Crippen molar-refractivity contribution >= 4 is 11.6 Å². The van der Waals surface area contributed by atoms with E-state index in [1.165, 1.54) is 6.42 Å². The molecular formula is C10H22ClN. The Bertz CT molecular complexity index is 102. The van der Waals surface area contributed by atoms with Crippen molar-refractivity contribution in [1.82, 2.24) is 5.32 Å². The SMILES string of the molecule is CCC(C)NC(CC)(CC)CCl. The monoisotopic (exact) mass is 191 g/mol. The van der Waals surface area contributed by atoms with Gasteiger partial charge >= 0.3 is 0 Å². The fourth-order valence-electron chi connectivity index (χ4n) is 1.31. The molecule has 0 saturated heterocycles. The van der Waals surface area contributed by atoms with E-state index < -0.39 is 0 Å². The summed E-state index contributed by atoms with van der Waals surface area (Å²) in [6, 6.07) is 0.573. The van der Waals surface area contributed by atoms with Crippen LogP contribution in [-0.4, -0.2) is 17.5 Å². The zero-order valence-electron chi connectivity index (χ0n) is 8.78. The molecule has 0 heterocycles. The molecule has 0 aromatic heterocycles. The standard InChI is InChI=1S/C10H22ClN/c1-5-9(4)12-10(6-2,7-3)8-11/h9,12H,5-8H2,1-4H3. The van der Waals surface area contributed by atoms with Gasteiger partial charge in [0.2, 0.25) is 0 Å². The molecule has 0 aliphatic rings. The Balaban J connectivity index is 4.09. The van der Waals surface area contributed by atoms with Crippen LogP contribution < -0.4 is 5.32 Å². The van der Waals surface area contributed by atoms with Crippen LogP contribution in [0.4, 0.5) is 0 Å². The Labute approximate surface area is 81.9 Å². The van der Waals surface area contributed by atoms with Crippen LogP contribution in [-0.2, 0) is 0 Å². The van der Waals surface area contributed by atoms with Crippen LogP contribution in [0.1, 0.15) is 47.0 Å². The van der Waals surface area contributed by atoms with Gasteiger partial charge in [0.05, 0.1) is 0 Å². The lowest BCUT2D eigenvalue weighted by Gasteiger charge is -2.33. The predicted octanol–water partition coefficient (Wildman–Crippen LogP) is 3.17. The number of nitrogens with one attached hydrogen (secondary N) is 1. The number of hydrogen-bond acceptors (Lipinski definition) is 1. The Kier molecular flexibility index (Phi) is 5.94. The molecule has 0 radical (unpaired) electrons. The fraction of sp³-hybridized carbons (Fsp3) is 1.00. The average molecular weight is 192 g/mol. The summed E-state index contributed by atoms with van der Waals surface area (Å²) < 4.78 is 0. The second-order valence-corrected chi connectivity index (χ2v) is 3.84. The van der Waals surface area contributed by atoms with Gasteiger partial charge in [-0.1, -0.05) is 20.8 Å². The second kappa shape index (κ2) is 5.82. The highest BCUT2D eigenvalue weighted by Gasteiger charge is 2.25. The first-order valence-electron chi connectivity index (χ1n) is 4.97. The molecule has 1 unspecified atom stereocenters. The molecule has 1 atom stereocenters. The van der Waals surface area contributed by atoms with Crippen molar-refractivity contribution in [2.45, 2.75) is 58.5 Å². The summed E-state index contributed by atoms with van der Waals surface area (Å²) in [6.45, 7) is 8.80. The third-order valence-electron chi connectivity index (χ3n) is 2.77. The third-order valence-corrected chi connectivity index (χ3v) is 3.29. The van der Waals surface area contributed by atoms with Crippen molar-refractivity contribution in [2.24, 2.45) is 0 Å². The third kappa shape index (κ3) is 3.32. The summed E-state index contributed by atoms with van der Waals surface area (Å²) in [5, 5.41) is 3.60. The van der Waals surface area contributed by atoms with Crippen LogP contribution >= 0.6 is 11.6 Å². The number of rotatable bonds is 6.